The fourth-order valence-electron chi connectivity index (χ4n) is 2.02. The molecule has 2 aromatic carbocycles. The van der Waals surface area contributed by atoms with E-state index in [4.69, 9.17) is 16.3 Å². The molecule has 0 unspecified atom stereocenters. The van der Waals surface area contributed by atoms with Gasteiger partial charge in [-0.3, -0.25) is 4.79 Å². The van der Waals surface area contributed by atoms with Crippen LogP contribution in [0.5, 0.6) is 5.75 Å². The molecule has 0 aromatic heterocycles. The molecule has 0 saturated carbocycles. The Hall–Kier alpha value is -2.00. The van der Waals surface area contributed by atoms with Crippen molar-refractivity contribution in [2.75, 3.05) is 19.5 Å². The fraction of sp³-hybridized carbons (Fsp3) is 0.188. The topological polar surface area (TPSA) is 38.3 Å². The number of hydrogen-bond donors (Lipinski definition) is 1. The average molecular weight is 290 g/mol. The zero-order valence-corrected chi connectivity index (χ0v) is 12.2. The molecule has 4 heteroatoms. The maximum atomic E-state index is 12.3. The molecule has 1 N–H and O–H groups in total. The Kier molecular flexibility index (Phi) is 4.64. The van der Waals surface area contributed by atoms with Crippen molar-refractivity contribution in [3.05, 3.63) is 58.6 Å². The summed E-state index contributed by atoms with van der Waals surface area (Å²) in [6, 6.07) is 12.7. The first-order valence-electron chi connectivity index (χ1n) is 6.28. The van der Waals surface area contributed by atoms with E-state index in [1.807, 2.05) is 37.4 Å². The highest BCUT2D eigenvalue weighted by Gasteiger charge is 2.13. The molecular formula is C16H16ClNO2. The number of carbonyl (C=O) groups excluding carboxylic acids is 1. The third kappa shape index (κ3) is 3.11. The van der Waals surface area contributed by atoms with E-state index < -0.39 is 0 Å². The Morgan fingerprint density at radius 2 is 2.00 bits per heavy atom. The minimum atomic E-state index is -0.00253. The van der Waals surface area contributed by atoms with E-state index in [0.717, 1.165) is 17.0 Å². The number of carbonyl (C=O) groups is 1. The van der Waals surface area contributed by atoms with Gasteiger partial charge in [-0.15, -0.1) is 0 Å². The van der Waals surface area contributed by atoms with Gasteiger partial charge < -0.3 is 10.1 Å². The van der Waals surface area contributed by atoms with E-state index in [9.17, 15) is 4.79 Å². The first-order valence-corrected chi connectivity index (χ1v) is 6.66. The van der Waals surface area contributed by atoms with Gasteiger partial charge in [-0.05, 0) is 23.8 Å². The molecule has 0 heterocycles. The molecule has 0 aliphatic heterocycles. The molecule has 0 amide bonds. The van der Waals surface area contributed by atoms with Gasteiger partial charge in [0.1, 0.15) is 5.75 Å². The standard InChI is InChI=1S/C16H16ClNO2/c1-18-15-10-12(20-2)8-7-11(15)9-16(19)13-5-3-4-6-14(13)17/h3-8,10,18H,9H2,1-2H3. The van der Waals surface area contributed by atoms with Crippen LogP contribution in [0.15, 0.2) is 42.5 Å². The highest BCUT2D eigenvalue weighted by Crippen LogP contribution is 2.24. The summed E-state index contributed by atoms with van der Waals surface area (Å²) in [6.07, 6.45) is 0.296. The molecule has 0 radical (unpaired) electrons. The Labute approximate surface area is 123 Å². The van der Waals surface area contributed by atoms with E-state index in [1.165, 1.54) is 0 Å². The van der Waals surface area contributed by atoms with Gasteiger partial charge in [0.05, 0.1) is 12.1 Å². The van der Waals surface area contributed by atoms with Crippen LogP contribution < -0.4 is 10.1 Å². The Bertz CT molecular complexity index is 626. The summed E-state index contributed by atoms with van der Waals surface area (Å²) in [6.45, 7) is 0. The molecule has 0 fully saturated rings. The average Bonchev–Trinajstić information content (AvgIpc) is 2.48. The molecule has 3 nitrogen and oxygen atoms in total. The van der Waals surface area contributed by atoms with Crippen molar-refractivity contribution in [3.8, 4) is 5.75 Å². The maximum absolute atomic E-state index is 12.3. The molecule has 0 bridgehead atoms. The smallest absolute Gasteiger partial charge is 0.168 e. The molecule has 0 saturated heterocycles. The highest BCUT2D eigenvalue weighted by atomic mass is 35.5. The number of ketones is 1. The molecule has 2 aromatic rings. The molecular weight excluding hydrogens is 274 g/mol. The number of nitrogens with one attached hydrogen (secondary N) is 1. The van der Waals surface area contributed by atoms with Crippen molar-refractivity contribution in [1.29, 1.82) is 0 Å². The number of ether oxygens (including phenoxy) is 1. The lowest BCUT2D eigenvalue weighted by Crippen LogP contribution is -2.06. The maximum Gasteiger partial charge on any atom is 0.168 e. The number of rotatable bonds is 5. The number of hydrogen-bond acceptors (Lipinski definition) is 3. The van der Waals surface area contributed by atoms with Crippen molar-refractivity contribution in [3.63, 3.8) is 0 Å². The van der Waals surface area contributed by atoms with E-state index in [2.05, 4.69) is 5.32 Å². The zero-order chi connectivity index (χ0) is 14.5. The van der Waals surface area contributed by atoms with Crippen molar-refractivity contribution >= 4 is 23.1 Å². The lowest BCUT2D eigenvalue weighted by molar-refractivity contribution is 0.0993. The summed E-state index contributed by atoms with van der Waals surface area (Å²) in [5.41, 5.74) is 2.34. The van der Waals surface area contributed by atoms with Crippen LogP contribution in [-0.4, -0.2) is 19.9 Å². The number of benzene rings is 2. The highest BCUT2D eigenvalue weighted by molar-refractivity contribution is 6.34. The van der Waals surface area contributed by atoms with Crippen LogP contribution in [0, 0.1) is 0 Å². The summed E-state index contributed by atoms with van der Waals surface area (Å²) in [5, 5.41) is 3.56. The van der Waals surface area contributed by atoms with Crippen LogP contribution in [0.3, 0.4) is 0 Å². The number of methoxy groups -OCH3 is 1. The Morgan fingerprint density at radius 1 is 1.25 bits per heavy atom. The van der Waals surface area contributed by atoms with E-state index in [1.54, 1.807) is 19.2 Å². The SMILES string of the molecule is CNc1cc(OC)ccc1CC(=O)c1ccccc1Cl. The molecule has 0 atom stereocenters. The predicted octanol–water partition coefficient (Wildman–Crippen LogP) is 3.82. The van der Waals surface area contributed by atoms with Gasteiger partial charge in [-0.25, -0.2) is 0 Å². The van der Waals surface area contributed by atoms with Gasteiger partial charge in [0.15, 0.2) is 5.78 Å². The van der Waals surface area contributed by atoms with Gasteiger partial charge in [-0.2, -0.15) is 0 Å². The molecule has 20 heavy (non-hydrogen) atoms. The number of halogens is 1. The monoisotopic (exact) mass is 289 g/mol. The molecule has 2 rings (SSSR count). The third-order valence-corrected chi connectivity index (χ3v) is 3.44. The molecule has 0 aliphatic rings. The minimum absolute atomic E-state index is 0.00253. The van der Waals surface area contributed by atoms with E-state index >= 15 is 0 Å². The van der Waals surface area contributed by atoms with Crippen LogP contribution in [-0.2, 0) is 6.42 Å². The van der Waals surface area contributed by atoms with Gasteiger partial charge in [0.2, 0.25) is 0 Å². The van der Waals surface area contributed by atoms with Crippen molar-refractivity contribution in [1.82, 2.24) is 0 Å². The summed E-state index contributed by atoms with van der Waals surface area (Å²) >= 11 is 6.05. The third-order valence-electron chi connectivity index (χ3n) is 3.11. The van der Waals surface area contributed by atoms with Gasteiger partial charge in [0.25, 0.3) is 0 Å². The van der Waals surface area contributed by atoms with Gasteiger partial charge in [0, 0.05) is 30.8 Å². The van der Waals surface area contributed by atoms with Crippen molar-refractivity contribution < 1.29 is 9.53 Å². The largest absolute Gasteiger partial charge is 0.497 e. The minimum Gasteiger partial charge on any atom is -0.497 e. The molecule has 0 aliphatic carbocycles. The predicted molar refractivity (Wildman–Crippen MR) is 82.0 cm³/mol. The second kappa shape index (κ2) is 6.44. The summed E-state index contributed by atoms with van der Waals surface area (Å²) in [5.74, 6) is 0.751. The summed E-state index contributed by atoms with van der Waals surface area (Å²) in [4.78, 5) is 12.3. The number of anilines is 1. The van der Waals surface area contributed by atoms with Crippen LogP contribution in [0.4, 0.5) is 5.69 Å². The lowest BCUT2D eigenvalue weighted by atomic mass is 10.0. The van der Waals surface area contributed by atoms with Crippen LogP contribution in [0.2, 0.25) is 5.02 Å². The normalized spacial score (nSPS) is 10.2. The van der Waals surface area contributed by atoms with E-state index in [-0.39, 0.29) is 5.78 Å². The lowest BCUT2D eigenvalue weighted by Gasteiger charge is -2.11. The second-order valence-corrected chi connectivity index (χ2v) is 4.76. The van der Waals surface area contributed by atoms with Gasteiger partial charge >= 0.3 is 0 Å². The van der Waals surface area contributed by atoms with Gasteiger partial charge in [-0.1, -0.05) is 29.8 Å². The first kappa shape index (κ1) is 14.4. The molecule has 0 spiro atoms. The fourth-order valence-corrected chi connectivity index (χ4v) is 2.27. The second-order valence-electron chi connectivity index (χ2n) is 4.35. The van der Waals surface area contributed by atoms with Crippen molar-refractivity contribution in [2.45, 2.75) is 6.42 Å². The van der Waals surface area contributed by atoms with Crippen LogP contribution >= 0.6 is 11.6 Å². The Balaban J connectivity index is 2.26. The van der Waals surface area contributed by atoms with Crippen LogP contribution in [0.25, 0.3) is 0 Å². The first-order chi connectivity index (χ1) is 9.65. The number of Topliss-reactive ketones (excluding diaryl/α,β-unsaturated/α-hetero) is 1. The summed E-state index contributed by atoms with van der Waals surface area (Å²) < 4.78 is 5.17. The Morgan fingerprint density at radius 3 is 2.65 bits per heavy atom. The van der Waals surface area contributed by atoms with Crippen LogP contribution in [0.1, 0.15) is 15.9 Å². The quantitative estimate of drug-likeness (QED) is 0.851. The zero-order valence-electron chi connectivity index (χ0n) is 11.4. The molecule has 104 valence electrons. The van der Waals surface area contributed by atoms with E-state index in [0.29, 0.717) is 17.0 Å². The summed E-state index contributed by atoms with van der Waals surface area (Å²) in [7, 11) is 3.43. The van der Waals surface area contributed by atoms with Crippen molar-refractivity contribution in [2.24, 2.45) is 0 Å².